The Kier molecular flexibility index (Phi) is 9.36. The van der Waals surface area contributed by atoms with Crippen LogP contribution in [-0.2, 0) is 14.3 Å². The third kappa shape index (κ3) is 6.33. The second-order valence-corrected chi connectivity index (χ2v) is 10.6. The number of ether oxygens (including phenoxy) is 5. The van der Waals surface area contributed by atoms with Gasteiger partial charge in [-0.25, -0.2) is 9.79 Å². The van der Waals surface area contributed by atoms with Gasteiger partial charge in [0.15, 0.2) is 34.4 Å². The van der Waals surface area contributed by atoms with E-state index in [0.29, 0.717) is 49.2 Å². The van der Waals surface area contributed by atoms with Crippen LogP contribution in [-0.4, -0.2) is 50.0 Å². The van der Waals surface area contributed by atoms with Crippen LogP contribution in [0, 0.1) is 0 Å². The molecule has 0 spiro atoms. The average molecular weight is 596 g/mol. The first kappa shape index (κ1) is 30.4. The van der Waals surface area contributed by atoms with Crippen molar-refractivity contribution in [2.75, 3.05) is 27.4 Å². The van der Waals surface area contributed by atoms with Crippen LogP contribution in [0.15, 0.2) is 57.5 Å². The van der Waals surface area contributed by atoms with Crippen LogP contribution in [0.2, 0.25) is 0 Å². The Morgan fingerprint density at radius 3 is 2.40 bits per heavy atom. The van der Waals surface area contributed by atoms with E-state index in [0.717, 1.165) is 0 Å². The van der Waals surface area contributed by atoms with Gasteiger partial charge >= 0.3 is 5.97 Å². The molecule has 2 heterocycles. The number of rotatable bonds is 11. The van der Waals surface area contributed by atoms with E-state index in [1.54, 1.807) is 56.3 Å². The number of hydrogen-bond acceptors (Lipinski definition) is 10. The molecule has 0 bridgehead atoms. The molecule has 0 radical (unpaired) electrons. The number of thiazole rings is 1. The monoisotopic (exact) mass is 595 g/mol. The number of methoxy groups -OCH3 is 2. The molecule has 0 saturated heterocycles. The maximum absolute atomic E-state index is 13.9. The smallest absolute Gasteiger partial charge is 0.338 e. The van der Waals surface area contributed by atoms with Crippen molar-refractivity contribution in [1.29, 1.82) is 0 Å². The Morgan fingerprint density at radius 1 is 1.07 bits per heavy atom. The molecule has 1 aromatic heterocycles. The van der Waals surface area contributed by atoms with E-state index in [9.17, 15) is 14.4 Å². The molecule has 2 aromatic carbocycles. The molecule has 1 aliphatic rings. The number of primary amides is 1. The molecule has 0 fully saturated rings. The Bertz CT molecular complexity index is 1720. The molecular weight excluding hydrogens is 562 g/mol. The first-order valence-electron chi connectivity index (χ1n) is 13.2. The highest BCUT2D eigenvalue weighted by atomic mass is 32.1. The zero-order valence-electron chi connectivity index (χ0n) is 24.3. The first-order valence-corrected chi connectivity index (χ1v) is 14.0. The number of nitrogens with two attached hydrogens (primary N) is 1. The fraction of sp³-hybridized carbons (Fsp3) is 0.333. The summed E-state index contributed by atoms with van der Waals surface area (Å²) < 4.78 is 29.5. The largest absolute Gasteiger partial charge is 0.493 e. The van der Waals surface area contributed by atoms with Crippen molar-refractivity contribution >= 4 is 29.3 Å². The van der Waals surface area contributed by atoms with Crippen molar-refractivity contribution in [3.8, 4) is 23.0 Å². The van der Waals surface area contributed by atoms with Gasteiger partial charge in [-0.1, -0.05) is 23.5 Å². The summed E-state index contributed by atoms with van der Waals surface area (Å²) in [6.45, 7) is 7.13. The zero-order chi connectivity index (χ0) is 30.6. The van der Waals surface area contributed by atoms with Gasteiger partial charge in [-0.3, -0.25) is 14.2 Å². The minimum absolute atomic E-state index is 0.0814. The Labute approximate surface area is 246 Å². The topological polar surface area (TPSA) is 141 Å². The lowest BCUT2D eigenvalue weighted by Crippen LogP contribution is -2.40. The van der Waals surface area contributed by atoms with Gasteiger partial charge in [-0.2, -0.15) is 0 Å². The van der Waals surface area contributed by atoms with Gasteiger partial charge in [0, 0.05) is 0 Å². The van der Waals surface area contributed by atoms with Crippen LogP contribution in [0.3, 0.4) is 0 Å². The highest BCUT2D eigenvalue weighted by Gasteiger charge is 2.34. The summed E-state index contributed by atoms with van der Waals surface area (Å²) in [6, 6.07) is 9.54. The van der Waals surface area contributed by atoms with E-state index >= 15 is 0 Å². The summed E-state index contributed by atoms with van der Waals surface area (Å²) in [7, 11) is 3.00. The standard InChI is InChI=1S/C30H33N3O8S/c1-7-39-29(36)26-17(4)32-30-33(27(26)19-9-11-21(41-16(2)3)23(14-19)38-6)28(35)24(42-30)13-18-8-10-20(22(12-18)37-5)40-15-25(31)34/h8-14,16,27H,7,15H2,1-6H3,(H2,31,34). The maximum atomic E-state index is 13.9. The summed E-state index contributed by atoms with van der Waals surface area (Å²) in [5.74, 6) is 0.534. The first-order chi connectivity index (χ1) is 20.1. The minimum atomic E-state index is -0.816. The lowest BCUT2D eigenvalue weighted by molar-refractivity contribution is -0.139. The second kappa shape index (κ2) is 12.9. The van der Waals surface area contributed by atoms with Crippen LogP contribution < -0.4 is 39.6 Å². The van der Waals surface area contributed by atoms with Crippen molar-refractivity contribution in [1.82, 2.24) is 4.57 Å². The Morgan fingerprint density at radius 2 is 1.76 bits per heavy atom. The van der Waals surface area contributed by atoms with Gasteiger partial charge in [0.2, 0.25) is 0 Å². The highest BCUT2D eigenvalue weighted by molar-refractivity contribution is 7.07. The molecule has 4 rings (SSSR count). The number of nitrogens with zero attached hydrogens (tertiary/aromatic N) is 2. The molecule has 3 aromatic rings. The average Bonchev–Trinajstić information content (AvgIpc) is 3.25. The van der Waals surface area contributed by atoms with E-state index in [1.165, 1.54) is 30.1 Å². The summed E-state index contributed by atoms with van der Waals surface area (Å²) in [5, 5.41) is 0. The molecule has 222 valence electrons. The van der Waals surface area contributed by atoms with Crippen molar-refractivity contribution < 1.29 is 33.3 Å². The molecule has 0 aliphatic carbocycles. The molecule has 1 aliphatic heterocycles. The molecule has 1 amide bonds. The Hall–Kier alpha value is -4.58. The number of fused-ring (bicyclic) bond motifs is 1. The van der Waals surface area contributed by atoms with Gasteiger partial charge in [-0.15, -0.1) is 0 Å². The normalized spacial score (nSPS) is 14.7. The maximum Gasteiger partial charge on any atom is 0.338 e. The van der Waals surface area contributed by atoms with Gasteiger partial charge in [0.05, 0.1) is 48.8 Å². The van der Waals surface area contributed by atoms with E-state index in [-0.39, 0.29) is 30.5 Å². The van der Waals surface area contributed by atoms with E-state index in [1.807, 2.05) is 13.8 Å². The summed E-state index contributed by atoms with van der Waals surface area (Å²) >= 11 is 1.19. The van der Waals surface area contributed by atoms with Crippen LogP contribution in [0.5, 0.6) is 23.0 Å². The van der Waals surface area contributed by atoms with Crippen molar-refractivity contribution in [2.24, 2.45) is 10.7 Å². The van der Waals surface area contributed by atoms with E-state index < -0.39 is 17.9 Å². The van der Waals surface area contributed by atoms with Gasteiger partial charge < -0.3 is 29.4 Å². The van der Waals surface area contributed by atoms with Gasteiger partial charge in [0.1, 0.15) is 0 Å². The predicted octanol–water partition coefficient (Wildman–Crippen LogP) is 2.47. The molecular formula is C30H33N3O8S. The number of esters is 1. The Balaban J connectivity index is 1.87. The molecule has 2 N–H and O–H groups in total. The zero-order valence-corrected chi connectivity index (χ0v) is 25.1. The third-order valence-electron chi connectivity index (χ3n) is 6.24. The third-order valence-corrected chi connectivity index (χ3v) is 7.22. The fourth-order valence-electron chi connectivity index (χ4n) is 4.51. The summed E-state index contributed by atoms with van der Waals surface area (Å²) in [6.07, 6.45) is 1.62. The second-order valence-electron chi connectivity index (χ2n) is 9.54. The lowest BCUT2D eigenvalue weighted by Gasteiger charge is -2.25. The van der Waals surface area contributed by atoms with Crippen molar-refractivity contribution in [2.45, 2.75) is 39.8 Å². The number of carbonyl (C=O) groups is 2. The van der Waals surface area contributed by atoms with E-state index in [4.69, 9.17) is 29.4 Å². The molecule has 1 unspecified atom stereocenters. The summed E-state index contributed by atoms with van der Waals surface area (Å²) in [4.78, 5) is 43.3. The molecule has 12 heteroatoms. The number of carbonyl (C=O) groups excluding carboxylic acids is 2. The van der Waals surface area contributed by atoms with Crippen LogP contribution >= 0.6 is 11.3 Å². The fourth-order valence-corrected chi connectivity index (χ4v) is 5.55. The van der Waals surface area contributed by atoms with Gasteiger partial charge in [-0.05, 0) is 69.2 Å². The lowest BCUT2D eigenvalue weighted by atomic mass is 9.95. The quantitative estimate of drug-likeness (QED) is 0.334. The predicted molar refractivity (Wildman–Crippen MR) is 157 cm³/mol. The number of amides is 1. The van der Waals surface area contributed by atoms with Crippen LogP contribution in [0.1, 0.15) is 44.9 Å². The molecule has 11 nitrogen and oxygen atoms in total. The van der Waals surface area contributed by atoms with Crippen LogP contribution in [0.4, 0.5) is 0 Å². The van der Waals surface area contributed by atoms with Crippen LogP contribution in [0.25, 0.3) is 6.08 Å². The van der Waals surface area contributed by atoms with Crippen molar-refractivity contribution in [3.05, 3.63) is 78.5 Å². The van der Waals surface area contributed by atoms with Crippen molar-refractivity contribution in [3.63, 3.8) is 0 Å². The molecule has 0 saturated carbocycles. The number of benzene rings is 2. The van der Waals surface area contributed by atoms with Gasteiger partial charge in [0.25, 0.3) is 11.5 Å². The SMILES string of the molecule is CCOC(=O)C1=C(C)N=c2sc(=Cc3ccc(OCC(N)=O)c(OC)c3)c(=O)n2C1c1ccc(OC(C)C)c(OC)c1. The number of allylic oxidation sites excluding steroid dienone is 1. The number of hydrogen-bond donors (Lipinski definition) is 1. The molecule has 42 heavy (non-hydrogen) atoms. The minimum Gasteiger partial charge on any atom is -0.493 e. The molecule has 1 atom stereocenters. The van der Waals surface area contributed by atoms with E-state index in [2.05, 4.69) is 4.99 Å². The number of aromatic nitrogens is 1. The summed E-state index contributed by atoms with van der Waals surface area (Å²) in [5.41, 5.74) is 6.83. The highest BCUT2D eigenvalue weighted by Crippen LogP contribution is 2.36.